The summed E-state index contributed by atoms with van der Waals surface area (Å²) in [4.78, 5) is 0. The molecule has 0 radical (unpaired) electrons. The second-order valence-corrected chi connectivity index (χ2v) is 5.57. The van der Waals surface area contributed by atoms with Crippen molar-refractivity contribution in [1.29, 1.82) is 0 Å². The molecule has 0 spiro atoms. The largest absolute Gasteiger partial charge is 1.00 e. The van der Waals surface area contributed by atoms with E-state index in [0.29, 0.717) is 0 Å². The molecule has 0 amide bonds. The molecule has 9 nitrogen and oxygen atoms in total. The van der Waals surface area contributed by atoms with Crippen LogP contribution in [0.4, 0.5) is 0 Å². The fourth-order valence-electron chi connectivity index (χ4n) is 2.20. The van der Waals surface area contributed by atoms with Crippen LogP contribution in [0.25, 0.3) is 0 Å². The van der Waals surface area contributed by atoms with Crippen molar-refractivity contribution in [2.24, 2.45) is 0 Å². The first-order valence-electron chi connectivity index (χ1n) is 5.52. The minimum atomic E-state index is -4.86. The van der Waals surface area contributed by atoms with Gasteiger partial charge in [-0.15, -0.1) is 0 Å². The number of H-pyrrole nitrogens is 3. The van der Waals surface area contributed by atoms with Gasteiger partial charge in [0.15, 0.2) is 4.75 Å². The molecule has 0 fully saturated rings. The van der Waals surface area contributed by atoms with Gasteiger partial charge in [-0.05, 0) is 18.2 Å². The standard InChI is InChI=1S/C10H10N6O3S.Ag/c17-20(18,19)10(7-1-4-11-14-7,8-2-5-12-15-8)9-3-6-13-16-9;/h1-6H,(H,11,14)(H,12,15)(H,13,16)(H,17,18,19);/q;+1/p-1. The van der Waals surface area contributed by atoms with Crippen molar-refractivity contribution in [3.05, 3.63) is 53.9 Å². The molecule has 0 atom stereocenters. The maximum absolute atomic E-state index is 12.0. The van der Waals surface area contributed by atoms with Gasteiger partial charge in [0.2, 0.25) is 0 Å². The van der Waals surface area contributed by atoms with Crippen molar-refractivity contribution in [1.82, 2.24) is 30.6 Å². The van der Waals surface area contributed by atoms with Crippen LogP contribution in [0.3, 0.4) is 0 Å². The average Bonchev–Trinajstić information content (AvgIpc) is 3.13. The van der Waals surface area contributed by atoms with Gasteiger partial charge in [-0.25, -0.2) is 8.42 Å². The van der Waals surface area contributed by atoms with Gasteiger partial charge in [-0.2, -0.15) is 15.3 Å². The smallest absolute Gasteiger partial charge is 0.747 e. The first kappa shape index (κ1) is 15.7. The molecule has 3 N–H and O–H groups in total. The number of rotatable bonds is 4. The maximum Gasteiger partial charge on any atom is 1.00 e. The van der Waals surface area contributed by atoms with E-state index in [1.807, 2.05) is 0 Å². The summed E-state index contributed by atoms with van der Waals surface area (Å²) < 4.78 is 34.1. The summed E-state index contributed by atoms with van der Waals surface area (Å²) in [7, 11) is -4.86. The SMILES string of the molecule is O=S(=O)([O-])C(c1ccn[nH]1)(c1ccn[nH]1)c1ccn[nH]1.[Ag+]. The minimum absolute atomic E-state index is 0. The van der Waals surface area contributed by atoms with Crippen molar-refractivity contribution in [2.45, 2.75) is 4.75 Å². The third-order valence-corrected chi connectivity index (χ3v) is 4.42. The fourth-order valence-corrected chi connectivity index (χ4v) is 3.34. The van der Waals surface area contributed by atoms with Gasteiger partial charge in [0, 0.05) is 18.6 Å². The van der Waals surface area contributed by atoms with Crippen molar-refractivity contribution in [3.63, 3.8) is 0 Å². The van der Waals surface area contributed by atoms with Crippen molar-refractivity contribution >= 4 is 10.1 Å². The van der Waals surface area contributed by atoms with Crippen LogP contribution in [0.15, 0.2) is 36.8 Å². The molecule has 0 aliphatic carbocycles. The van der Waals surface area contributed by atoms with Crippen LogP contribution in [0.1, 0.15) is 17.1 Å². The van der Waals surface area contributed by atoms with Crippen LogP contribution in [-0.2, 0) is 37.2 Å². The fraction of sp³-hybridized carbons (Fsp3) is 0.100. The second kappa shape index (κ2) is 5.58. The maximum atomic E-state index is 12.0. The first-order chi connectivity index (χ1) is 9.57. The number of aromatic amines is 3. The summed E-state index contributed by atoms with van der Waals surface area (Å²) in [6.45, 7) is 0. The summed E-state index contributed by atoms with van der Waals surface area (Å²) in [5.41, 5.74) is 0.294. The molecular formula is C10H9AgN6O3S. The molecule has 3 aromatic rings. The summed E-state index contributed by atoms with van der Waals surface area (Å²) in [5, 5.41) is 18.8. The third kappa shape index (κ3) is 2.26. The van der Waals surface area contributed by atoms with E-state index < -0.39 is 14.9 Å². The molecule has 114 valence electrons. The van der Waals surface area contributed by atoms with E-state index in [-0.39, 0.29) is 39.5 Å². The second-order valence-electron chi connectivity index (χ2n) is 4.05. The summed E-state index contributed by atoms with van der Waals surface area (Å²) in [6, 6.07) is 4.24. The number of aromatic nitrogens is 6. The average molecular weight is 401 g/mol. The van der Waals surface area contributed by atoms with Crippen LogP contribution < -0.4 is 0 Å². The Labute approximate surface area is 134 Å². The Kier molecular flexibility index (Phi) is 4.16. The Morgan fingerprint density at radius 2 is 1.19 bits per heavy atom. The number of nitrogens with one attached hydrogen (secondary N) is 3. The van der Waals surface area contributed by atoms with E-state index in [1.165, 1.54) is 36.8 Å². The Morgan fingerprint density at radius 3 is 1.38 bits per heavy atom. The van der Waals surface area contributed by atoms with Crippen LogP contribution in [-0.4, -0.2) is 43.6 Å². The topological polar surface area (TPSA) is 143 Å². The Hall–Kier alpha value is -1.72. The van der Waals surface area contributed by atoms with Crippen LogP contribution in [0, 0.1) is 0 Å². The van der Waals surface area contributed by atoms with Gasteiger partial charge in [-0.1, -0.05) is 0 Å². The molecule has 3 rings (SSSR count). The molecule has 21 heavy (non-hydrogen) atoms. The molecule has 0 saturated carbocycles. The Bertz CT molecular complexity index is 698. The first-order valence-corrected chi connectivity index (χ1v) is 6.92. The monoisotopic (exact) mass is 400 g/mol. The van der Waals surface area contributed by atoms with E-state index in [0.717, 1.165) is 0 Å². The quantitative estimate of drug-likeness (QED) is 0.404. The van der Waals surface area contributed by atoms with Crippen LogP contribution >= 0.6 is 0 Å². The predicted octanol–water partition coefficient (Wildman–Crippen LogP) is -0.310. The van der Waals surface area contributed by atoms with Gasteiger partial charge in [-0.3, -0.25) is 15.3 Å². The van der Waals surface area contributed by atoms with Gasteiger partial charge in [0.1, 0.15) is 10.1 Å². The molecule has 0 aliphatic heterocycles. The van der Waals surface area contributed by atoms with E-state index in [2.05, 4.69) is 30.6 Å². The summed E-state index contributed by atoms with van der Waals surface area (Å²) in [6.07, 6.45) is 4.09. The zero-order valence-corrected chi connectivity index (χ0v) is 12.5. The van der Waals surface area contributed by atoms with Gasteiger partial charge >= 0.3 is 22.4 Å². The Morgan fingerprint density at radius 1 is 0.857 bits per heavy atom. The minimum Gasteiger partial charge on any atom is -0.747 e. The normalized spacial score (nSPS) is 12.0. The number of hydrogen-bond acceptors (Lipinski definition) is 6. The van der Waals surface area contributed by atoms with Gasteiger partial charge < -0.3 is 4.55 Å². The molecule has 11 heteroatoms. The van der Waals surface area contributed by atoms with Crippen LogP contribution in [0.5, 0.6) is 0 Å². The van der Waals surface area contributed by atoms with E-state index in [4.69, 9.17) is 0 Å². The number of nitrogens with zero attached hydrogens (tertiary/aromatic N) is 3. The number of hydrogen-bond donors (Lipinski definition) is 3. The van der Waals surface area contributed by atoms with Crippen molar-refractivity contribution in [3.8, 4) is 0 Å². The van der Waals surface area contributed by atoms with Gasteiger partial charge in [0.25, 0.3) is 0 Å². The Balaban J connectivity index is 0.00000161. The molecule has 0 unspecified atom stereocenters. The van der Waals surface area contributed by atoms with Gasteiger partial charge in [0.05, 0.1) is 17.1 Å². The van der Waals surface area contributed by atoms with Crippen molar-refractivity contribution < 1.29 is 35.4 Å². The molecule has 3 aromatic heterocycles. The predicted molar refractivity (Wildman–Crippen MR) is 65.3 cm³/mol. The zero-order chi connectivity index (χ0) is 14.2. The molecule has 0 aromatic carbocycles. The van der Waals surface area contributed by atoms with Crippen molar-refractivity contribution in [2.75, 3.05) is 0 Å². The van der Waals surface area contributed by atoms with E-state index >= 15 is 0 Å². The molecule has 0 saturated heterocycles. The molecule has 3 heterocycles. The van der Waals surface area contributed by atoms with E-state index in [1.54, 1.807) is 0 Å². The molecular weight excluding hydrogens is 392 g/mol. The zero-order valence-electron chi connectivity index (χ0n) is 10.2. The summed E-state index contributed by atoms with van der Waals surface area (Å²) >= 11 is 0. The van der Waals surface area contributed by atoms with E-state index in [9.17, 15) is 13.0 Å². The van der Waals surface area contributed by atoms with Crippen LogP contribution in [0.2, 0.25) is 0 Å². The molecule has 0 aliphatic rings. The molecule has 0 bridgehead atoms. The summed E-state index contributed by atoms with van der Waals surface area (Å²) in [5.74, 6) is 0. The third-order valence-electron chi connectivity index (χ3n) is 3.02.